The number of methoxy groups -OCH3 is 1. The Morgan fingerprint density at radius 2 is 1.91 bits per heavy atom. The number of likely N-dealkylation sites (tertiary alicyclic amines) is 1. The van der Waals surface area contributed by atoms with Gasteiger partial charge in [0.2, 0.25) is 11.8 Å². The number of alkyl carbamates (subject to hydrolysis) is 1. The number of carbonyl (C=O) groups excluding carboxylic acids is 4. The van der Waals surface area contributed by atoms with Gasteiger partial charge < -0.3 is 25.0 Å². The van der Waals surface area contributed by atoms with Crippen LogP contribution in [0.1, 0.15) is 53.0 Å². The van der Waals surface area contributed by atoms with Crippen LogP contribution in [-0.4, -0.2) is 60.1 Å². The number of amides is 3. The Kier molecular flexibility index (Phi) is 6.72. The quantitative estimate of drug-likeness (QED) is 0.655. The van der Waals surface area contributed by atoms with Crippen molar-refractivity contribution in [2.45, 2.75) is 70.6 Å². The van der Waals surface area contributed by atoms with Gasteiger partial charge in [0.05, 0.1) is 12.5 Å². The van der Waals surface area contributed by atoms with E-state index in [1.54, 1.807) is 26.8 Å². The topological polar surface area (TPSA) is 114 Å². The second-order valence-corrected chi connectivity index (χ2v) is 10.1. The highest BCUT2D eigenvalue weighted by atomic mass is 16.6. The summed E-state index contributed by atoms with van der Waals surface area (Å²) in [6.07, 6.45) is -0.262. The van der Waals surface area contributed by atoms with Gasteiger partial charge in [0.25, 0.3) is 0 Å². The number of ether oxygens (including phenoxy) is 2. The molecule has 0 unspecified atom stereocenters. The summed E-state index contributed by atoms with van der Waals surface area (Å²) in [5, 5.41) is 5.53. The number of hydrogen-bond acceptors (Lipinski definition) is 6. The van der Waals surface area contributed by atoms with Crippen molar-refractivity contribution in [2.24, 2.45) is 5.92 Å². The maximum atomic E-state index is 13.7. The maximum absolute atomic E-state index is 13.7. The SMILES string of the molecule is COC(=O)[C@H]1C[C@]2(CN1C(=O)[C@H](CC(C)C)NC(=O)OC(C)(C)C)C(=O)Nc1ccccc12. The first-order valence-electron chi connectivity index (χ1n) is 11.2. The van der Waals surface area contributed by atoms with Crippen molar-refractivity contribution < 1.29 is 28.7 Å². The summed E-state index contributed by atoms with van der Waals surface area (Å²) >= 11 is 0. The highest BCUT2D eigenvalue weighted by Crippen LogP contribution is 2.46. The maximum Gasteiger partial charge on any atom is 0.408 e. The summed E-state index contributed by atoms with van der Waals surface area (Å²) in [7, 11) is 1.25. The Morgan fingerprint density at radius 3 is 2.52 bits per heavy atom. The van der Waals surface area contributed by atoms with E-state index in [9.17, 15) is 19.2 Å². The number of anilines is 1. The van der Waals surface area contributed by atoms with Gasteiger partial charge in [-0.2, -0.15) is 0 Å². The fourth-order valence-corrected chi connectivity index (χ4v) is 4.56. The predicted molar refractivity (Wildman–Crippen MR) is 121 cm³/mol. The molecule has 180 valence electrons. The third-order valence-corrected chi connectivity index (χ3v) is 5.94. The fraction of sp³-hybridized carbons (Fsp3) is 0.583. The molecule has 1 saturated heterocycles. The van der Waals surface area contributed by atoms with E-state index in [0.717, 1.165) is 5.56 Å². The van der Waals surface area contributed by atoms with Crippen LogP contribution in [0.15, 0.2) is 24.3 Å². The summed E-state index contributed by atoms with van der Waals surface area (Å²) in [5.74, 6) is -1.22. The zero-order valence-corrected chi connectivity index (χ0v) is 20.1. The molecule has 2 N–H and O–H groups in total. The fourth-order valence-electron chi connectivity index (χ4n) is 4.56. The van der Waals surface area contributed by atoms with Crippen molar-refractivity contribution in [1.29, 1.82) is 0 Å². The van der Waals surface area contributed by atoms with Gasteiger partial charge in [-0.25, -0.2) is 9.59 Å². The Bertz CT molecular complexity index is 954. The molecule has 0 aromatic heterocycles. The van der Waals surface area contributed by atoms with E-state index < -0.39 is 41.1 Å². The molecule has 2 aliphatic rings. The Hall–Kier alpha value is -3.10. The second kappa shape index (κ2) is 9.03. The molecule has 1 fully saturated rings. The van der Waals surface area contributed by atoms with Crippen LogP contribution >= 0.6 is 0 Å². The van der Waals surface area contributed by atoms with Crippen molar-refractivity contribution in [3.63, 3.8) is 0 Å². The summed E-state index contributed by atoms with van der Waals surface area (Å²) in [6, 6.07) is 5.41. The van der Waals surface area contributed by atoms with Crippen LogP contribution in [0.25, 0.3) is 0 Å². The number of nitrogens with zero attached hydrogens (tertiary/aromatic N) is 1. The first kappa shape index (κ1) is 24.5. The van der Waals surface area contributed by atoms with Gasteiger partial charge in [0, 0.05) is 12.2 Å². The number of esters is 1. The molecule has 9 heteroatoms. The van der Waals surface area contributed by atoms with Gasteiger partial charge in [-0.1, -0.05) is 32.0 Å². The van der Waals surface area contributed by atoms with Crippen LogP contribution in [-0.2, 0) is 29.3 Å². The lowest BCUT2D eigenvalue weighted by Crippen LogP contribution is -2.53. The van der Waals surface area contributed by atoms with Crippen molar-refractivity contribution in [1.82, 2.24) is 10.2 Å². The van der Waals surface area contributed by atoms with Crippen LogP contribution in [0.4, 0.5) is 10.5 Å². The molecular weight excluding hydrogens is 426 g/mol. The van der Waals surface area contributed by atoms with E-state index in [2.05, 4.69) is 10.6 Å². The zero-order chi connectivity index (χ0) is 24.6. The smallest absolute Gasteiger partial charge is 0.408 e. The average molecular weight is 460 g/mol. The Balaban J connectivity index is 1.93. The third-order valence-electron chi connectivity index (χ3n) is 5.94. The van der Waals surface area contributed by atoms with Crippen LogP contribution < -0.4 is 10.6 Å². The van der Waals surface area contributed by atoms with Gasteiger partial charge in [-0.15, -0.1) is 0 Å². The molecule has 3 atom stereocenters. The van der Waals surface area contributed by atoms with Crippen LogP contribution in [0.3, 0.4) is 0 Å². The summed E-state index contributed by atoms with van der Waals surface area (Å²) < 4.78 is 10.3. The highest BCUT2D eigenvalue weighted by Gasteiger charge is 2.58. The van der Waals surface area contributed by atoms with Gasteiger partial charge in [-0.05, 0) is 51.2 Å². The molecule has 2 heterocycles. The molecule has 1 aromatic carbocycles. The van der Waals surface area contributed by atoms with E-state index >= 15 is 0 Å². The molecule has 0 saturated carbocycles. The van der Waals surface area contributed by atoms with E-state index in [-0.39, 0.29) is 24.8 Å². The van der Waals surface area contributed by atoms with Crippen molar-refractivity contribution in [3.05, 3.63) is 29.8 Å². The van der Waals surface area contributed by atoms with E-state index in [1.165, 1.54) is 12.0 Å². The minimum Gasteiger partial charge on any atom is -0.467 e. The molecule has 0 aliphatic carbocycles. The minimum atomic E-state index is -1.06. The van der Waals surface area contributed by atoms with E-state index in [4.69, 9.17) is 9.47 Å². The molecule has 0 bridgehead atoms. The third kappa shape index (κ3) is 4.96. The number of fused-ring (bicyclic) bond motifs is 2. The monoisotopic (exact) mass is 459 g/mol. The molecule has 33 heavy (non-hydrogen) atoms. The largest absolute Gasteiger partial charge is 0.467 e. The number of rotatable bonds is 5. The van der Waals surface area contributed by atoms with Crippen LogP contribution in [0.2, 0.25) is 0 Å². The Morgan fingerprint density at radius 1 is 1.24 bits per heavy atom. The molecule has 9 nitrogen and oxygen atoms in total. The first-order valence-corrected chi connectivity index (χ1v) is 11.2. The normalized spacial score (nSPS) is 22.7. The first-order chi connectivity index (χ1) is 15.4. The molecule has 1 spiro atoms. The van der Waals surface area contributed by atoms with Gasteiger partial charge in [0.15, 0.2) is 0 Å². The lowest BCUT2D eigenvalue weighted by Gasteiger charge is -2.30. The van der Waals surface area contributed by atoms with E-state index in [0.29, 0.717) is 12.1 Å². The summed E-state index contributed by atoms with van der Waals surface area (Å²) in [5.41, 5.74) is -0.363. The van der Waals surface area contributed by atoms with Crippen molar-refractivity contribution >= 4 is 29.6 Å². The van der Waals surface area contributed by atoms with Gasteiger partial charge in [-0.3, -0.25) is 9.59 Å². The average Bonchev–Trinajstić information content (AvgIpc) is 3.24. The molecular formula is C24H33N3O6. The second-order valence-electron chi connectivity index (χ2n) is 10.1. The standard InChI is InChI=1S/C24H33N3O6/c1-14(2)11-17(26-22(31)33-23(3,4)5)19(28)27-13-24(12-18(27)20(29)32-6)15-9-7-8-10-16(15)25-21(24)30/h7-10,14,17-18H,11-13H2,1-6H3,(H,25,30)(H,26,31)/t17-,18+,24+/m0/s1. The number of carbonyl (C=O) groups is 4. The zero-order valence-electron chi connectivity index (χ0n) is 20.1. The predicted octanol–water partition coefficient (Wildman–Crippen LogP) is 2.59. The van der Waals surface area contributed by atoms with E-state index in [1.807, 2.05) is 32.0 Å². The van der Waals surface area contributed by atoms with Gasteiger partial charge in [0.1, 0.15) is 17.7 Å². The molecule has 3 amide bonds. The summed E-state index contributed by atoms with van der Waals surface area (Å²) in [6.45, 7) is 9.08. The highest BCUT2D eigenvalue weighted by molar-refractivity contribution is 6.08. The number of para-hydroxylation sites is 1. The van der Waals surface area contributed by atoms with Crippen LogP contribution in [0.5, 0.6) is 0 Å². The van der Waals surface area contributed by atoms with Crippen molar-refractivity contribution in [3.8, 4) is 0 Å². The Labute approximate surface area is 194 Å². The lowest BCUT2D eigenvalue weighted by atomic mass is 9.79. The molecule has 1 aromatic rings. The van der Waals surface area contributed by atoms with Crippen molar-refractivity contribution in [2.75, 3.05) is 19.0 Å². The lowest BCUT2D eigenvalue weighted by molar-refractivity contribution is -0.151. The number of nitrogens with one attached hydrogen (secondary N) is 2. The molecule has 0 radical (unpaired) electrons. The minimum absolute atomic E-state index is 0.0129. The number of hydrogen-bond donors (Lipinski definition) is 2. The number of benzene rings is 1. The van der Waals surface area contributed by atoms with Gasteiger partial charge >= 0.3 is 12.1 Å². The molecule has 3 rings (SSSR count). The molecule has 2 aliphatic heterocycles. The van der Waals surface area contributed by atoms with Crippen LogP contribution in [0, 0.1) is 5.92 Å². The summed E-state index contributed by atoms with van der Waals surface area (Å²) in [4.78, 5) is 53.3.